The predicted molar refractivity (Wildman–Crippen MR) is 157 cm³/mol. The summed E-state index contributed by atoms with van der Waals surface area (Å²) in [5, 5.41) is 12.0. The molecule has 4 aromatic rings. The summed E-state index contributed by atoms with van der Waals surface area (Å²) in [5.41, 5.74) is 3.62. The van der Waals surface area contributed by atoms with Gasteiger partial charge in [-0.05, 0) is 80.8 Å². The summed E-state index contributed by atoms with van der Waals surface area (Å²) in [5.74, 6) is 2.08. The van der Waals surface area contributed by atoms with E-state index in [-0.39, 0.29) is 11.8 Å². The van der Waals surface area contributed by atoms with Crippen molar-refractivity contribution in [3.63, 3.8) is 0 Å². The van der Waals surface area contributed by atoms with Gasteiger partial charge in [-0.2, -0.15) is 0 Å². The molecule has 3 aliphatic rings. The van der Waals surface area contributed by atoms with Crippen molar-refractivity contribution in [2.45, 2.75) is 51.5 Å². The Balaban J connectivity index is 1.17. The molecule has 40 heavy (non-hydrogen) atoms. The van der Waals surface area contributed by atoms with E-state index in [2.05, 4.69) is 32.0 Å². The highest BCUT2D eigenvalue weighted by molar-refractivity contribution is 6.06. The van der Waals surface area contributed by atoms with E-state index in [1.165, 1.54) is 19.3 Å². The maximum atomic E-state index is 13.1. The molecule has 7 rings (SSSR count). The third-order valence-electron chi connectivity index (χ3n) is 8.85. The van der Waals surface area contributed by atoms with Crippen molar-refractivity contribution < 1.29 is 9.53 Å². The largest absolute Gasteiger partial charge is 0.437 e. The van der Waals surface area contributed by atoms with Crippen LogP contribution in [0.4, 0.5) is 11.6 Å². The molecule has 2 atom stereocenters. The first kappa shape index (κ1) is 25.0. The minimum absolute atomic E-state index is 0.138. The van der Waals surface area contributed by atoms with Crippen LogP contribution in [0.2, 0.25) is 0 Å². The zero-order valence-corrected chi connectivity index (χ0v) is 22.7. The van der Waals surface area contributed by atoms with Gasteiger partial charge in [-0.25, -0.2) is 15.0 Å². The number of nitrogens with zero attached hydrogens (tertiary/aromatic N) is 3. The van der Waals surface area contributed by atoms with Crippen molar-refractivity contribution >= 4 is 28.3 Å². The Labute approximate surface area is 234 Å². The monoisotopic (exact) mass is 534 g/mol. The number of aryl methyl sites for hydroxylation is 1. The smallest absolute Gasteiger partial charge is 0.228 e. The average molecular weight is 535 g/mol. The first-order chi connectivity index (χ1) is 19.6. The van der Waals surface area contributed by atoms with Crippen molar-refractivity contribution in [1.82, 2.24) is 20.3 Å². The zero-order valence-electron chi connectivity index (χ0n) is 22.7. The molecule has 1 aliphatic heterocycles. The van der Waals surface area contributed by atoms with E-state index in [9.17, 15) is 4.79 Å². The quantitative estimate of drug-likeness (QED) is 0.264. The lowest BCUT2D eigenvalue weighted by atomic mass is 9.79. The van der Waals surface area contributed by atoms with Crippen LogP contribution in [0.25, 0.3) is 22.0 Å². The van der Waals surface area contributed by atoms with Crippen LogP contribution in [0.15, 0.2) is 60.9 Å². The van der Waals surface area contributed by atoms with E-state index >= 15 is 0 Å². The van der Waals surface area contributed by atoms with Crippen LogP contribution in [-0.2, 0) is 4.79 Å². The third kappa shape index (κ3) is 4.66. The first-order valence-electron chi connectivity index (χ1n) is 14.4. The molecule has 1 amide bonds. The van der Waals surface area contributed by atoms with Gasteiger partial charge in [0.1, 0.15) is 5.75 Å². The molecule has 3 N–H and O–H groups in total. The van der Waals surface area contributed by atoms with E-state index in [1.54, 1.807) is 12.4 Å². The molecule has 8 nitrogen and oxygen atoms in total. The van der Waals surface area contributed by atoms with Gasteiger partial charge in [0.15, 0.2) is 0 Å². The summed E-state index contributed by atoms with van der Waals surface area (Å²) < 4.78 is 6.56. The van der Waals surface area contributed by atoms with Gasteiger partial charge in [-0.15, -0.1) is 0 Å². The molecule has 0 radical (unpaired) electrons. The number of pyridine rings is 1. The summed E-state index contributed by atoms with van der Waals surface area (Å²) in [4.78, 5) is 26.9. The Morgan fingerprint density at radius 1 is 1.02 bits per heavy atom. The van der Waals surface area contributed by atoms with Gasteiger partial charge in [0.2, 0.25) is 17.7 Å². The third-order valence-corrected chi connectivity index (χ3v) is 8.85. The highest BCUT2D eigenvalue weighted by atomic mass is 16.5. The molecule has 2 aromatic carbocycles. The molecule has 1 spiro atoms. The molecule has 1 saturated heterocycles. The summed E-state index contributed by atoms with van der Waals surface area (Å²) in [6, 6.07) is 16.1. The highest BCUT2D eigenvalue weighted by Crippen LogP contribution is 2.65. The van der Waals surface area contributed by atoms with Gasteiger partial charge in [0, 0.05) is 47.4 Å². The molecular weight excluding hydrogens is 500 g/mol. The van der Waals surface area contributed by atoms with Gasteiger partial charge in [0.25, 0.3) is 0 Å². The van der Waals surface area contributed by atoms with Crippen LogP contribution >= 0.6 is 0 Å². The topological polar surface area (TPSA) is 101 Å². The van der Waals surface area contributed by atoms with Crippen LogP contribution in [0.1, 0.15) is 44.1 Å². The predicted octanol–water partition coefficient (Wildman–Crippen LogP) is 6.09. The summed E-state index contributed by atoms with van der Waals surface area (Å²) in [7, 11) is 0. The zero-order chi connectivity index (χ0) is 27.1. The first-order valence-corrected chi connectivity index (χ1v) is 14.4. The van der Waals surface area contributed by atoms with E-state index in [4.69, 9.17) is 9.72 Å². The Bertz CT molecular complexity index is 1580. The number of nitrogens with one attached hydrogen (secondary N) is 3. The number of hydrogen-bond donors (Lipinski definition) is 3. The molecule has 8 heteroatoms. The number of fused-ring (bicyclic) bond motifs is 1. The highest BCUT2D eigenvalue weighted by Gasteiger charge is 2.60. The molecule has 3 heterocycles. The fraction of sp³-hybridized carbons (Fsp3) is 0.375. The fourth-order valence-corrected chi connectivity index (χ4v) is 6.31. The van der Waals surface area contributed by atoms with Gasteiger partial charge in [-0.1, -0.05) is 30.7 Å². The summed E-state index contributed by atoms with van der Waals surface area (Å²) in [6.45, 7) is 3.98. The van der Waals surface area contributed by atoms with E-state index < -0.39 is 0 Å². The second-order valence-corrected chi connectivity index (χ2v) is 11.5. The molecule has 2 aliphatic carbocycles. The lowest BCUT2D eigenvalue weighted by Crippen LogP contribution is -2.38. The van der Waals surface area contributed by atoms with Gasteiger partial charge < -0.3 is 20.7 Å². The lowest BCUT2D eigenvalue weighted by molar-refractivity contribution is -0.118. The molecule has 2 saturated carbocycles. The van der Waals surface area contributed by atoms with Crippen molar-refractivity contribution in [2.24, 2.45) is 11.3 Å². The molecule has 0 bridgehead atoms. The van der Waals surface area contributed by atoms with E-state index in [0.717, 1.165) is 71.4 Å². The van der Waals surface area contributed by atoms with Gasteiger partial charge >= 0.3 is 0 Å². The lowest BCUT2D eigenvalue weighted by Gasteiger charge is -2.26. The van der Waals surface area contributed by atoms with Crippen molar-refractivity contribution in [1.29, 1.82) is 0 Å². The molecule has 3 fully saturated rings. The number of piperidine rings is 1. The number of carbonyl (C=O) groups is 1. The number of ether oxygens (including phenoxy) is 1. The minimum atomic E-state index is 0.138. The number of aromatic nitrogens is 3. The summed E-state index contributed by atoms with van der Waals surface area (Å²) in [6.07, 6.45) is 10.4. The van der Waals surface area contributed by atoms with Crippen LogP contribution in [0.3, 0.4) is 0 Å². The minimum Gasteiger partial charge on any atom is -0.437 e. The molecule has 2 aromatic heterocycles. The second-order valence-electron chi connectivity index (χ2n) is 11.5. The SMILES string of the molecule is Cc1ccc2c(NC(=O)[C@H]3CC34CCC4)cccc2c1Oc1ncccc1-c1ccnc(NC2CCCNC2)n1. The number of carbonyl (C=O) groups excluding carboxylic acids is 1. The van der Waals surface area contributed by atoms with Crippen LogP contribution in [-0.4, -0.2) is 40.0 Å². The number of rotatable bonds is 7. The maximum absolute atomic E-state index is 13.1. The van der Waals surface area contributed by atoms with Crippen LogP contribution in [0, 0.1) is 18.3 Å². The summed E-state index contributed by atoms with van der Waals surface area (Å²) >= 11 is 0. The Morgan fingerprint density at radius 3 is 2.75 bits per heavy atom. The number of benzene rings is 2. The van der Waals surface area contributed by atoms with Gasteiger partial charge in [-0.3, -0.25) is 4.79 Å². The normalized spacial score (nSPS) is 21.0. The van der Waals surface area contributed by atoms with E-state index in [1.807, 2.05) is 49.4 Å². The van der Waals surface area contributed by atoms with Crippen molar-refractivity contribution in [3.8, 4) is 22.9 Å². The Hall–Kier alpha value is -4.04. The van der Waals surface area contributed by atoms with Crippen molar-refractivity contribution in [2.75, 3.05) is 23.7 Å². The number of anilines is 2. The van der Waals surface area contributed by atoms with Crippen LogP contribution in [0.5, 0.6) is 11.6 Å². The van der Waals surface area contributed by atoms with Gasteiger partial charge in [0.05, 0.1) is 11.3 Å². The van der Waals surface area contributed by atoms with E-state index in [0.29, 0.717) is 23.3 Å². The standard InChI is InChI=1S/C32H34N6O2/c1-20-10-11-22-23(7-2-9-26(22)37-29(39)25-18-32(25)13-5-14-32)28(20)40-30-24(8-4-16-34-30)27-12-17-35-31(38-27)36-21-6-3-15-33-19-21/h2,4,7-12,16-17,21,25,33H,3,5-6,13-15,18-19H2,1H3,(H,37,39)(H,35,36,38)/t21?,25-/m1/s1. The maximum Gasteiger partial charge on any atom is 0.228 e. The fourth-order valence-electron chi connectivity index (χ4n) is 6.31. The Kier molecular flexibility index (Phi) is 6.35. The van der Waals surface area contributed by atoms with Crippen molar-refractivity contribution in [3.05, 3.63) is 66.5 Å². The average Bonchev–Trinajstić information content (AvgIpc) is 3.73. The Morgan fingerprint density at radius 2 is 1.95 bits per heavy atom. The van der Waals surface area contributed by atoms with Crippen LogP contribution < -0.4 is 20.7 Å². The number of hydrogen-bond acceptors (Lipinski definition) is 7. The molecule has 1 unspecified atom stereocenters. The molecular formula is C32H34N6O2. The number of amides is 1. The second kappa shape index (κ2) is 10.2. The molecule has 204 valence electrons.